The molecule has 0 atom stereocenters. The lowest BCUT2D eigenvalue weighted by Gasteiger charge is -2.29. The lowest BCUT2D eigenvalue weighted by Crippen LogP contribution is -2.17. The van der Waals surface area contributed by atoms with Crippen LogP contribution < -0.4 is 10.6 Å². The maximum atomic E-state index is 12.6. The van der Waals surface area contributed by atoms with Gasteiger partial charge in [-0.1, -0.05) is 48.5 Å². The van der Waals surface area contributed by atoms with Crippen molar-refractivity contribution in [1.82, 2.24) is 0 Å². The number of nitrogen functional groups attached to an aromatic ring is 1. The van der Waals surface area contributed by atoms with Crippen molar-refractivity contribution in [2.75, 3.05) is 10.6 Å². The van der Waals surface area contributed by atoms with Crippen molar-refractivity contribution in [2.24, 2.45) is 0 Å². The van der Waals surface area contributed by atoms with Crippen LogP contribution in [0.15, 0.2) is 101 Å². The fourth-order valence-electron chi connectivity index (χ4n) is 3.96. The average Bonchev–Trinajstić information content (AvgIpc) is 2.88. The molecule has 4 N–H and O–H groups in total. The number of hydrogen-bond acceptors (Lipinski definition) is 8. The molecule has 0 radical (unpaired) electrons. The summed E-state index contributed by atoms with van der Waals surface area (Å²) in [5, 5.41) is 11.6. The average molecular weight is 568 g/mol. The van der Waals surface area contributed by atoms with Crippen molar-refractivity contribution in [3.63, 3.8) is 0 Å². The van der Waals surface area contributed by atoms with Gasteiger partial charge in [-0.25, -0.2) is 0 Å². The number of nitrogens with two attached hydrogens (primary N) is 1. The number of rotatable bonds is 8. The topological polar surface area (TPSA) is 181 Å². The van der Waals surface area contributed by atoms with Crippen molar-refractivity contribution < 1.29 is 30.9 Å². The maximum absolute atomic E-state index is 12.6. The molecule has 0 aliphatic carbocycles. The zero-order chi connectivity index (χ0) is 28.4. The van der Waals surface area contributed by atoms with Crippen molar-refractivity contribution in [3.8, 4) is 0 Å². The molecule has 39 heavy (non-hydrogen) atoms. The second kappa shape index (κ2) is 10.7. The first-order valence-electron chi connectivity index (χ1n) is 11.1. The quantitative estimate of drug-likeness (QED) is 0.0829. The molecular formula is C26H21N3O8S2. The van der Waals surface area contributed by atoms with Gasteiger partial charge in [0.15, 0.2) is 0 Å². The summed E-state index contributed by atoms with van der Waals surface area (Å²) < 4.78 is 67.6. The Morgan fingerprint density at radius 1 is 0.744 bits per heavy atom. The van der Waals surface area contributed by atoms with E-state index in [0.29, 0.717) is 17.4 Å². The van der Waals surface area contributed by atoms with E-state index < -0.39 is 40.6 Å². The lowest BCUT2D eigenvalue weighted by atomic mass is 10.1. The van der Waals surface area contributed by atoms with Crippen LogP contribution >= 0.6 is 0 Å². The monoisotopic (exact) mass is 567 g/mol. The highest BCUT2D eigenvalue weighted by atomic mass is 32.2. The highest BCUT2D eigenvalue weighted by molar-refractivity contribution is 7.86. The van der Waals surface area contributed by atoms with Crippen molar-refractivity contribution in [1.29, 1.82) is 0 Å². The number of para-hydroxylation sites is 2. The van der Waals surface area contributed by atoms with Crippen LogP contribution in [-0.4, -0.2) is 30.9 Å². The number of hydrogen-bond donors (Lipinski definition) is 3. The van der Waals surface area contributed by atoms with E-state index in [1.807, 2.05) is 0 Å². The van der Waals surface area contributed by atoms with Crippen LogP contribution in [0.25, 0.3) is 12.2 Å². The van der Waals surface area contributed by atoms with Gasteiger partial charge in [-0.15, -0.1) is 0 Å². The maximum Gasteiger partial charge on any atom is 0.298 e. The third-order valence-electron chi connectivity index (χ3n) is 5.64. The van der Waals surface area contributed by atoms with Crippen LogP contribution in [0.3, 0.4) is 0 Å². The zero-order valence-corrected chi connectivity index (χ0v) is 21.6. The molecule has 4 rings (SSSR count). The van der Waals surface area contributed by atoms with E-state index in [1.165, 1.54) is 24.3 Å². The molecule has 0 saturated heterocycles. The van der Waals surface area contributed by atoms with E-state index >= 15 is 0 Å². The molecule has 13 heteroatoms. The molecule has 0 aliphatic heterocycles. The van der Waals surface area contributed by atoms with E-state index in [4.69, 9.17) is 5.73 Å². The molecule has 0 unspecified atom stereocenters. The van der Waals surface area contributed by atoms with Gasteiger partial charge in [-0.2, -0.15) is 16.8 Å². The van der Waals surface area contributed by atoms with Crippen molar-refractivity contribution >= 4 is 60.8 Å². The first-order chi connectivity index (χ1) is 18.4. The molecule has 0 amide bonds. The van der Waals surface area contributed by atoms with E-state index in [-0.39, 0.29) is 22.5 Å². The molecule has 11 nitrogen and oxygen atoms in total. The normalized spacial score (nSPS) is 11.9. The Morgan fingerprint density at radius 3 is 1.74 bits per heavy atom. The highest BCUT2D eigenvalue weighted by Crippen LogP contribution is 2.43. The molecule has 4 aromatic rings. The molecule has 4 aromatic carbocycles. The molecule has 0 spiro atoms. The largest absolute Gasteiger partial charge is 0.398 e. The summed E-state index contributed by atoms with van der Waals surface area (Å²) in [5.74, 6) is 0. The van der Waals surface area contributed by atoms with Crippen molar-refractivity contribution in [3.05, 3.63) is 112 Å². The van der Waals surface area contributed by atoms with Crippen LogP contribution in [0.2, 0.25) is 0 Å². The van der Waals surface area contributed by atoms with Gasteiger partial charge >= 0.3 is 0 Å². The van der Waals surface area contributed by atoms with Gasteiger partial charge in [0.1, 0.15) is 9.79 Å². The van der Waals surface area contributed by atoms with E-state index in [9.17, 15) is 36.1 Å². The first-order valence-corrected chi connectivity index (χ1v) is 14.0. The molecule has 0 aliphatic rings. The summed E-state index contributed by atoms with van der Waals surface area (Å²) in [6.45, 7) is 0. The summed E-state index contributed by atoms with van der Waals surface area (Å²) in [4.78, 5) is 11.2. The number of nitro groups is 1. The van der Waals surface area contributed by atoms with Gasteiger partial charge in [0.25, 0.3) is 25.9 Å². The minimum absolute atomic E-state index is 0.0247. The summed E-state index contributed by atoms with van der Waals surface area (Å²) in [6, 6.07) is 22.9. The SMILES string of the molecule is Nc1ccc(/C=C/c2ccc(S(=O)(=O)O)cc2[N+](=O)[O-])c(N(c2ccccc2)c2ccccc2)c1S(=O)(=O)O. The summed E-state index contributed by atoms with van der Waals surface area (Å²) >= 11 is 0. The number of anilines is 4. The van der Waals surface area contributed by atoms with Crippen LogP contribution in [0.4, 0.5) is 28.4 Å². The fraction of sp³-hybridized carbons (Fsp3) is 0. The molecule has 0 fully saturated rings. The summed E-state index contributed by atoms with van der Waals surface area (Å²) in [5.41, 5.74) is 6.39. The number of benzene rings is 4. The van der Waals surface area contributed by atoms with Gasteiger partial charge in [0, 0.05) is 23.0 Å². The Bertz CT molecular complexity index is 1750. The van der Waals surface area contributed by atoms with E-state index in [0.717, 1.165) is 12.1 Å². The Hall–Kier alpha value is -4.56. The Balaban J connectivity index is 2.01. The summed E-state index contributed by atoms with van der Waals surface area (Å²) in [6.07, 6.45) is 2.65. The van der Waals surface area contributed by atoms with Gasteiger partial charge < -0.3 is 10.6 Å². The van der Waals surface area contributed by atoms with Crippen LogP contribution in [0.5, 0.6) is 0 Å². The number of nitrogens with zero attached hydrogens (tertiary/aromatic N) is 2. The predicted molar refractivity (Wildman–Crippen MR) is 147 cm³/mol. The van der Waals surface area contributed by atoms with Gasteiger partial charge in [-0.3, -0.25) is 19.2 Å². The standard InChI is InChI=1S/C26H21N3O8S2/c27-23-16-14-19(12-11-18-13-15-22(38(32,33)34)17-24(18)29(30)31)25(26(23)39(35,36)37)28(20-7-3-1-4-8-20)21-9-5-2-6-10-21/h1-17H,27H2,(H,32,33,34)(H,35,36,37)/b12-11+. The molecular weight excluding hydrogens is 546 g/mol. The van der Waals surface area contributed by atoms with Crippen LogP contribution in [0, 0.1) is 10.1 Å². The lowest BCUT2D eigenvalue weighted by molar-refractivity contribution is -0.385. The Morgan fingerprint density at radius 2 is 1.26 bits per heavy atom. The minimum Gasteiger partial charge on any atom is -0.398 e. The second-order valence-corrected chi connectivity index (χ2v) is 11.0. The molecule has 0 saturated carbocycles. The van der Waals surface area contributed by atoms with E-state index in [2.05, 4.69) is 0 Å². The summed E-state index contributed by atoms with van der Waals surface area (Å²) in [7, 11) is -9.57. The molecule has 200 valence electrons. The van der Waals surface area contributed by atoms with Gasteiger partial charge in [0.05, 0.1) is 21.9 Å². The fourth-order valence-corrected chi connectivity index (χ4v) is 5.28. The molecule has 0 aromatic heterocycles. The smallest absolute Gasteiger partial charge is 0.298 e. The Labute approximate surface area is 224 Å². The first kappa shape index (κ1) is 27.5. The predicted octanol–water partition coefficient (Wildman–Crippen LogP) is 5.31. The molecule has 0 bridgehead atoms. The van der Waals surface area contributed by atoms with Crippen LogP contribution in [-0.2, 0) is 20.2 Å². The second-order valence-electron chi connectivity index (χ2n) is 8.19. The highest BCUT2D eigenvalue weighted by Gasteiger charge is 2.28. The minimum atomic E-state index is -4.88. The van der Waals surface area contributed by atoms with E-state index in [1.54, 1.807) is 65.6 Å². The number of nitro benzene ring substituents is 1. The third-order valence-corrected chi connectivity index (χ3v) is 7.44. The zero-order valence-electron chi connectivity index (χ0n) is 19.9. The van der Waals surface area contributed by atoms with Gasteiger partial charge in [-0.05, 0) is 48.5 Å². The van der Waals surface area contributed by atoms with Gasteiger partial charge in [0.2, 0.25) is 0 Å². The Kier molecular flexibility index (Phi) is 7.51. The molecule has 0 heterocycles. The third kappa shape index (κ3) is 5.97. The van der Waals surface area contributed by atoms with Crippen LogP contribution in [0.1, 0.15) is 11.1 Å². The van der Waals surface area contributed by atoms with Crippen molar-refractivity contribution in [2.45, 2.75) is 9.79 Å².